The van der Waals surface area contributed by atoms with Gasteiger partial charge in [0.1, 0.15) is 11.5 Å². The van der Waals surface area contributed by atoms with Gasteiger partial charge in [-0.3, -0.25) is 9.59 Å². The molecule has 0 aromatic heterocycles. The number of hydrogen-bond donors (Lipinski definition) is 2. The zero-order valence-corrected chi connectivity index (χ0v) is 19.0. The van der Waals surface area contributed by atoms with Crippen molar-refractivity contribution in [2.75, 3.05) is 11.6 Å². The van der Waals surface area contributed by atoms with Gasteiger partial charge in [-0.2, -0.15) is 0 Å². The first kappa shape index (κ1) is 23.6. The van der Waals surface area contributed by atoms with Crippen molar-refractivity contribution in [2.45, 2.75) is 11.3 Å². The van der Waals surface area contributed by atoms with E-state index < -0.39 is 15.7 Å². The first-order valence-electron chi connectivity index (χ1n) is 9.11. The summed E-state index contributed by atoms with van der Waals surface area (Å²) in [6.07, 6.45) is 1.58. The van der Waals surface area contributed by atoms with Crippen molar-refractivity contribution in [3.8, 4) is 17.2 Å². The Hall–Kier alpha value is -3.07. The van der Waals surface area contributed by atoms with Gasteiger partial charge in [-0.25, -0.2) is 8.42 Å². The molecule has 0 aliphatic rings. The fourth-order valence-corrected chi connectivity index (χ4v) is 4.06. The molecule has 0 radical (unpaired) electrons. The Kier molecular flexibility index (Phi) is 7.08. The highest BCUT2D eigenvalue weighted by Gasteiger charge is 2.14. The molecule has 0 aliphatic carbocycles. The number of aromatic hydroxyl groups is 1. The van der Waals surface area contributed by atoms with E-state index in [1.807, 2.05) is 0 Å². The Morgan fingerprint density at radius 1 is 1.06 bits per heavy atom. The molecule has 0 atom stereocenters. The molecule has 7 nitrogen and oxygen atoms in total. The van der Waals surface area contributed by atoms with Gasteiger partial charge in [0.2, 0.25) is 6.29 Å². The molecule has 0 aliphatic heterocycles. The molecule has 3 rings (SSSR count). The van der Waals surface area contributed by atoms with Crippen LogP contribution in [0.4, 0.5) is 5.69 Å². The Morgan fingerprint density at radius 3 is 2.25 bits per heavy atom. The number of anilines is 1. The standard InChI is InChI=1S/C22H17Cl2NO6S/c1-32(29,30)17-5-2-13(3-6-17)8-14-9-16(4-7-20(14)27)31-22-18(23)10-15(11-19(22)24)25-21(28)12-26/h2-7,9-12,27H,8H2,1H3,(H,25,28). The van der Waals surface area contributed by atoms with E-state index in [-0.39, 0.29) is 38.4 Å². The molecule has 32 heavy (non-hydrogen) atoms. The monoisotopic (exact) mass is 493 g/mol. The average molecular weight is 494 g/mol. The fourth-order valence-electron chi connectivity index (χ4n) is 2.86. The van der Waals surface area contributed by atoms with Crippen LogP contribution in [0, 0.1) is 0 Å². The van der Waals surface area contributed by atoms with Crippen molar-refractivity contribution >= 4 is 50.9 Å². The Labute approximate surface area is 194 Å². The Morgan fingerprint density at radius 2 is 1.69 bits per heavy atom. The Bertz CT molecular complexity index is 1270. The maximum atomic E-state index is 11.6. The number of ether oxygens (including phenoxy) is 1. The van der Waals surface area contributed by atoms with Gasteiger partial charge >= 0.3 is 0 Å². The number of phenolic OH excluding ortho intramolecular Hbond substituents is 1. The van der Waals surface area contributed by atoms with Crippen LogP contribution >= 0.6 is 23.2 Å². The second-order valence-corrected chi connectivity index (χ2v) is 9.69. The molecule has 0 saturated heterocycles. The largest absolute Gasteiger partial charge is 0.508 e. The molecule has 10 heteroatoms. The van der Waals surface area contributed by atoms with Gasteiger partial charge in [0.25, 0.3) is 5.91 Å². The summed E-state index contributed by atoms with van der Waals surface area (Å²) >= 11 is 12.4. The van der Waals surface area contributed by atoms with Crippen LogP contribution in [-0.4, -0.2) is 32.0 Å². The second-order valence-electron chi connectivity index (χ2n) is 6.86. The number of phenols is 1. The van der Waals surface area contributed by atoms with Crippen LogP contribution in [0.15, 0.2) is 59.5 Å². The molecule has 1 amide bonds. The van der Waals surface area contributed by atoms with Crippen molar-refractivity contribution in [2.24, 2.45) is 0 Å². The van der Waals surface area contributed by atoms with Crippen LogP contribution in [0.25, 0.3) is 0 Å². The lowest BCUT2D eigenvalue weighted by atomic mass is 10.0. The predicted octanol–water partition coefficient (Wildman–Crippen LogP) is 4.62. The highest BCUT2D eigenvalue weighted by atomic mass is 35.5. The normalized spacial score (nSPS) is 11.1. The molecular weight excluding hydrogens is 477 g/mol. The average Bonchev–Trinajstić information content (AvgIpc) is 2.72. The quantitative estimate of drug-likeness (QED) is 0.366. The third kappa shape index (κ3) is 5.79. The Balaban J connectivity index is 1.83. The first-order chi connectivity index (χ1) is 15.1. The van der Waals surface area contributed by atoms with E-state index in [4.69, 9.17) is 27.9 Å². The molecule has 0 bridgehead atoms. The van der Waals surface area contributed by atoms with E-state index >= 15 is 0 Å². The van der Waals surface area contributed by atoms with E-state index in [2.05, 4.69) is 5.32 Å². The number of nitrogens with one attached hydrogen (secondary N) is 1. The number of amides is 1. The van der Waals surface area contributed by atoms with E-state index in [9.17, 15) is 23.1 Å². The minimum Gasteiger partial charge on any atom is -0.508 e. The smallest absolute Gasteiger partial charge is 0.288 e. The molecule has 0 unspecified atom stereocenters. The van der Waals surface area contributed by atoms with Gasteiger partial charge in [-0.1, -0.05) is 35.3 Å². The number of aldehydes is 1. The molecule has 3 aromatic rings. The summed E-state index contributed by atoms with van der Waals surface area (Å²) < 4.78 is 29.0. The SMILES string of the molecule is CS(=O)(=O)c1ccc(Cc2cc(Oc3c(Cl)cc(NC(=O)C=O)cc3Cl)ccc2O)cc1. The van der Waals surface area contributed by atoms with Gasteiger partial charge in [-0.05, 0) is 48.0 Å². The van der Waals surface area contributed by atoms with E-state index in [0.29, 0.717) is 17.7 Å². The molecule has 0 fully saturated rings. The summed E-state index contributed by atoms with van der Waals surface area (Å²) in [4.78, 5) is 21.9. The fraction of sp³-hybridized carbons (Fsp3) is 0.0909. The summed E-state index contributed by atoms with van der Waals surface area (Å²) in [5.74, 6) is -0.335. The number of carbonyl (C=O) groups is 2. The molecule has 2 N–H and O–H groups in total. The van der Waals surface area contributed by atoms with Crippen molar-refractivity contribution in [1.29, 1.82) is 0 Å². The van der Waals surface area contributed by atoms with Crippen molar-refractivity contribution in [1.82, 2.24) is 0 Å². The summed E-state index contributed by atoms with van der Waals surface area (Å²) in [7, 11) is -3.30. The number of benzene rings is 3. The zero-order chi connectivity index (χ0) is 23.5. The second kappa shape index (κ2) is 9.60. The minimum atomic E-state index is -3.30. The van der Waals surface area contributed by atoms with Gasteiger partial charge in [0.15, 0.2) is 15.6 Å². The van der Waals surface area contributed by atoms with Crippen LogP contribution in [0.2, 0.25) is 10.0 Å². The molecule has 0 heterocycles. The van der Waals surface area contributed by atoms with Crippen LogP contribution in [0.3, 0.4) is 0 Å². The van der Waals surface area contributed by atoms with E-state index in [1.54, 1.807) is 18.2 Å². The van der Waals surface area contributed by atoms with E-state index in [1.165, 1.54) is 36.4 Å². The maximum absolute atomic E-state index is 11.6. The topological polar surface area (TPSA) is 110 Å². The summed E-state index contributed by atoms with van der Waals surface area (Å²) in [6.45, 7) is 0. The van der Waals surface area contributed by atoms with Crippen molar-refractivity contribution in [3.05, 3.63) is 75.8 Å². The highest BCUT2D eigenvalue weighted by molar-refractivity contribution is 7.90. The molecule has 3 aromatic carbocycles. The minimum absolute atomic E-state index is 0.0358. The van der Waals surface area contributed by atoms with Gasteiger partial charge in [0, 0.05) is 23.9 Å². The van der Waals surface area contributed by atoms with E-state index in [0.717, 1.165) is 11.8 Å². The number of halogens is 2. The lowest BCUT2D eigenvalue weighted by Crippen LogP contribution is -2.12. The first-order valence-corrected chi connectivity index (χ1v) is 11.8. The zero-order valence-electron chi connectivity index (χ0n) is 16.6. The third-order valence-corrected chi connectivity index (χ3v) is 6.08. The van der Waals surface area contributed by atoms with Crippen molar-refractivity contribution in [3.63, 3.8) is 0 Å². The highest BCUT2D eigenvalue weighted by Crippen LogP contribution is 2.39. The maximum Gasteiger partial charge on any atom is 0.288 e. The van der Waals surface area contributed by atoms with Gasteiger partial charge in [-0.15, -0.1) is 0 Å². The van der Waals surface area contributed by atoms with Gasteiger partial charge in [0.05, 0.1) is 14.9 Å². The van der Waals surface area contributed by atoms with Crippen molar-refractivity contribution < 1.29 is 27.9 Å². The summed E-state index contributed by atoms with van der Waals surface area (Å²) in [5, 5.41) is 12.7. The van der Waals surface area contributed by atoms with Crippen LogP contribution in [0.5, 0.6) is 17.2 Å². The van der Waals surface area contributed by atoms with Crippen LogP contribution in [-0.2, 0) is 25.8 Å². The number of sulfone groups is 1. The molecule has 0 spiro atoms. The number of carbonyl (C=O) groups excluding carboxylic acids is 2. The molecule has 166 valence electrons. The number of rotatable bonds is 7. The lowest BCUT2D eigenvalue weighted by molar-refractivity contribution is -0.127. The molecular formula is C22H17Cl2NO6S. The number of hydrogen-bond acceptors (Lipinski definition) is 6. The van der Waals surface area contributed by atoms with Gasteiger partial charge < -0.3 is 15.2 Å². The summed E-state index contributed by atoms with van der Waals surface area (Å²) in [6, 6.07) is 13.7. The lowest BCUT2D eigenvalue weighted by Gasteiger charge is -2.13. The third-order valence-electron chi connectivity index (χ3n) is 4.39. The van der Waals surface area contributed by atoms with Crippen LogP contribution in [0.1, 0.15) is 11.1 Å². The van der Waals surface area contributed by atoms with Crippen LogP contribution < -0.4 is 10.1 Å². The summed E-state index contributed by atoms with van der Waals surface area (Å²) in [5.41, 5.74) is 1.56. The molecule has 0 saturated carbocycles. The predicted molar refractivity (Wildman–Crippen MR) is 122 cm³/mol.